The number of carbonyl (C=O) groups excluding carboxylic acids is 1. The van der Waals surface area contributed by atoms with Gasteiger partial charge in [0.2, 0.25) is 0 Å². The lowest BCUT2D eigenvalue weighted by Crippen LogP contribution is -2.48. The number of fused-ring (bicyclic) bond motifs is 1. The molecule has 2 saturated heterocycles. The molecule has 4 aromatic rings. The van der Waals surface area contributed by atoms with Crippen molar-refractivity contribution in [3.8, 4) is 17.2 Å². The molecule has 10 nitrogen and oxygen atoms in total. The summed E-state index contributed by atoms with van der Waals surface area (Å²) in [7, 11) is 3.85. The normalized spacial score (nSPS) is 18.3. The lowest BCUT2D eigenvalue weighted by Gasteiger charge is -2.39. The van der Waals surface area contributed by atoms with Crippen molar-refractivity contribution in [1.82, 2.24) is 14.7 Å². The first kappa shape index (κ1) is 40.3. The molecule has 4 aromatic carbocycles. The number of piperidine rings is 1. The fourth-order valence-corrected chi connectivity index (χ4v) is 7.15. The van der Waals surface area contributed by atoms with E-state index in [-0.39, 0.29) is 18.1 Å². The molecule has 0 aromatic heterocycles. The van der Waals surface area contributed by atoms with Crippen LogP contribution in [0.1, 0.15) is 56.2 Å². The summed E-state index contributed by atoms with van der Waals surface area (Å²) < 4.78 is 36.0. The number of amides is 1. The van der Waals surface area contributed by atoms with E-state index in [1.165, 1.54) is 5.56 Å². The molecule has 0 N–H and O–H groups in total. The van der Waals surface area contributed by atoms with Crippen LogP contribution in [-0.2, 0) is 27.4 Å². The van der Waals surface area contributed by atoms with Crippen molar-refractivity contribution < 1.29 is 33.2 Å². The molecule has 2 fully saturated rings. The van der Waals surface area contributed by atoms with E-state index in [2.05, 4.69) is 65.4 Å². The topological polar surface area (TPSA) is 82.2 Å². The van der Waals surface area contributed by atoms with Gasteiger partial charge in [-0.1, -0.05) is 48.5 Å². The standard InChI is InChI=1S/C45H59N3O7/c1-45(2,3)55-44(49)48-20-19-41(36-14-16-39(17-15-36)52-27-8-26-51-33-37-9-6-7-10-42(37)50-5)43(31-48)54-32-34-11-12-35-13-18-40(30-38(35)29-34)53-28-25-47-23-21-46(4)22-24-47/h6-7,9-18,29-30,41,43H,8,19-28,31-33H2,1-5H3/t41-,43+/m1/s1. The second kappa shape index (κ2) is 19.5. The monoisotopic (exact) mass is 753 g/mol. The molecule has 10 heteroatoms. The zero-order valence-electron chi connectivity index (χ0n) is 33.3. The number of benzene rings is 4. The average Bonchev–Trinajstić information content (AvgIpc) is 3.18. The highest BCUT2D eigenvalue weighted by molar-refractivity contribution is 5.84. The predicted molar refractivity (Wildman–Crippen MR) is 216 cm³/mol. The molecule has 0 spiro atoms. The highest BCUT2D eigenvalue weighted by Gasteiger charge is 2.35. The minimum Gasteiger partial charge on any atom is -0.496 e. The quantitative estimate of drug-likeness (QED) is 0.107. The SMILES string of the molecule is COc1ccccc1COCCCOc1ccc([C@H]2CCN(C(=O)OC(C)(C)C)C[C@@H]2OCc2ccc3ccc(OCCN4CCN(C)CC4)cc3c2)cc1. The number of likely N-dealkylation sites (tertiary alicyclic amines) is 1. The Bertz CT molecular complexity index is 1800. The first-order chi connectivity index (χ1) is 26.6. The third-order valence-corrected chi connectivity index (χ3v) is 10.3. The molecular formula is C45H59N3O7. The molecule has 296 valence electrons. The Morgan fingerprint density at radius 1 is 0.782 bits per heavy atom. The van der Waals surface area contributed by atoms with Gasteiger partial charge in [0.15, 0.2) is 0 Å². The summed E-state index contributed by atoms with van der Waals surface area (Å²) in [4.78, 5) is 19.8. The smallest absolute Gasteiger partial charge is 0.410 e. The summed E-state index contributed by atoms with van der Waals surface area (Å²) in [6, 6.07) is 28.9. The molecule has 0 saturated carbocycles. The molecule has 2 heterocycles. The van der Waals surface area contributed by atoms with Gasteiger partial charge in [-0.2, -0.15) is 0 Å². The van der Waals surface area contributed by atoms with Crippen LogP contribution in [0.2, 0.25) is 0 Å². The third kappa shape index (κ3) is 12.1. The van der Waals surface area contributed by atoms with Gasteiger partial charge in [0, 0.05) is 57.2 Å². The summed E-state index contributed by atoms with van der Waals surface area (Å²) in [6.07, 6.45) is 1.02. The Morgan fingerprint density at radius 2 is 1.53 bits per heavy atom. The molecule has 1 amide bonds. The molecule has 2 aliphatic rings. The lowest BCUT2D eigenvalue weighted by molar-refractivity contribution is -0.0359. The van der Waals surface area contributed by atoms with Gasteiger partial charge in [0.25, 0.3) is 0 Å². The van der Waals surface area contributed by atoms with Crippen LogP contribution in [0.5, 0.6) is 17.2 Å². The van der Waals surface area contributed by atoms with E-state index < -0.39 is 5.60 Å². The van der Waals surface area contributed by atoms with E-state index >= 15 is 0 Å². The number of hydrogen-bond donors (Lipinski definition) is 0. The van der Waals surface area contributed by atoms with Gasteiger partial charge in [-0.3, -0.25) is 4.90 Å². The molecule has 0 aliphatic carbocycles. The third-order valence-electron chi connectivity index (χ3n) is 10.3. The molecule has 0 bridgehead atoms. The Labute approximate surface area is 327 Å². The van der Waals surface area contributed by atoms with Gasteiger partial charge in [0.05, 0.1) is 46.2 Å². The number of methoxy groups -OCH3 is 1. The molecule has 55 heavy (non-hydrogen) atoms. The van der Waals surface area contributed by atoms with E-state index in [1.807, 2.05) is 57.2 Å². The van der Waals surface area contributed by atoms with Crippen LogP contribution in [0.15, 0.2) is 84.9 Å². The Kier molecular flexibility index (Phi) is 14.3. The number of piperazine rings is 1. The van der Waals surface area contributed by atoms with Crippen molar-refractivity contribution in [2.45, 2.75) is 64.4 Å². The lowest BCUT2D eigenvalue weighted by atomic mass is 9.87. The average molecular weight is 754 g/mol. The largest absolute Gasteiger partial charge is 0.496 e. The van der Waals surface area contributed by atoms with Crippen molar-refractivity contribution in [3.63, 3.8) is 0 Å². The Morgan fingerprint density at radius 3 is 2.31 bits per heavy atom. The van der Waals surface area contributed by atoms with Crippen LogP contribution >= 0.6 is 0 Å². The van der Waals surface area contributed by atoms with Gasteiger partial charge in [-0.05, 0) is 92.5 Å². The van der Waals surface area contributed by atoms with Crippen LogP contribution in [0.25, 0.3) is 10.8 Å². The molecular weight excluding hydrogens is 695 g/mol. The molecule has 6 rings (SSSR count). The number of rotatable bonds is 16. The van der Waals surface area contributed by atoms with Crippen molar-refractivity contribution in [2.75, 3.05) is 79.8 Å². The minimum atomic E-state index is -0.570. The fraction of sp³-hybridized carbons (Fsp3) is 0.489. The number of nitrogens with zero attached hydrogens (tertiary/aromatic N) is 3. The van der Waals surface area contributed by atoms with Crippen LogP contribution in [0.3, 0.4) is 0 Å². The Hall–Kier alpha value is -4.35. The molecule has 0 radical (unpaired) electrons. The zero-order chi connectivity index (χ0) is 38.6. The van der Waals surface area contributed by atoms with Crippen molar-refractivity contribution in [3.05, 3.63) is 102 Å². The minimum absolute atomic E-state index is 0.108. The van der Waals surface area contributed by atoms with Crippen molar-refractivity contribution in [2.24, 2.45) is 0 Å². The molecule has 2 atom stereocenters. The van der Waals surface area contributed by atoms with Crippen LogP contribution in [0, 0.1) is 0 Å². The molecule has 0 unspecified atom stereocenters. The number of ether oxygens (including phenoxy) is 6. The maximum Gasteiger partial charge on any atom is 0.410 e. The van der Waals surface area contributed by atoms with Crippen LogP contribution < -0.4 is 14.2 Å². The van der Waals surface area contributed by atoms with Crippen molar-refractivity contribution >= 4 is 16.9 Å². The number of para-hydroxylation sites is 1. The maximum absolute atomic E-state index is 13.1. The van der Waals surface area contributed by atoms with E-state index in [9.17, 15) is 4.79 Å². The van der Waals surface area contributed by atoms with Crippen molar-refractivity contribution in [1.29, 1.82) is 0 Å². The summed E-state index contributed by atoms with van der Waals surface area (Å²) in [5.74, 6) is 2.64. The summed E-state index contributed by atoms with van der Waals surface area (Å²) in [5, 5.41) is 2.27. The van der Waals surface area contributed by atoms with E-state index in [0.29, 0.717) is 46.1 Å². The van der Waals surface area contributed by atoms with Gasteiger partial charge >= 0.3 is 6.09 Å². The van der Waals surface area contributed by atoms with Gasteiger partial charge in [-0.15, -0.1) is 0 Å². The first-order valence-corrected chi connectivity index (χ1v) is 19.7. The highest BCUT2D eigenvalue weighted by atomic mass is 16.6. The predicted octanol–water partition coefficient (Wildman–Crippen LogP) is 7.77. The second-order valence-corrected chi connectivity index (χ2v) is 15.6. The summed E-state index contributed by atoms with van der Waals surface area (Å²) in [6.45, 7) is 14.8. The maximum atomic E-state index is 13.1. The second-order valence-electron chi connectivity index (χ2n) is 15.6. The molecule has 2 aliphatic heterocycles. The zero-order valence-corrected chi connectivity index (χ0v) is 33.3. The fourth-order valence-electron chi connectivity index (χ4n) is 7.15. The van der Waals surface area contributed by atoms with Gasteiger partial charge < -0.3 is 38.2 Å². The summed E-state index contributed by atoms with van der Waals surface area (Å²) in [5.41, 5.74) is 2.70. The first-order valence-electron chi connectivity index (χ1n) is 19.7. The summed E-state index contributed by atoms with van der Waals surface area (Å²) >= 11 is 0. The highest BCUT2D eigenvalue weighted by Crippen LogP contribution is 2.33. The number of hydrogen-bond acceptors (Lipinski definition) is 9. The van der Waals surface area contributed by atoms with E-state index in [0.717, 1.165) is 84.7 Å². The van der Waals surface area contributed by atoms with Crippen LogP contribution in [-0.4, -0.2) is 112 Å². The number of likely N-dealkylation sites (N-methyl/N-ethyl adjacent to an activating group) is 1. The number of carbonyl (C=O) groups is 1. The van der Waals surface area contributed by atoms with E-state index in [1.54, 1.807) is 12.0 Å². The van der Waals surface area contributed by atoms with Crippen LogP contribution in [0.4, 0.5) is 4.79 Å². The van der Waals surface area contributed by atoms with Gasteiger partial charge in [0.1, 0.15) is 29.5 Å². The Balaban J connectivity index is 1.04. The van der Waals surface area contributed by atoms with Gasteiger partial charge in [-0.25, -0.2) is 4.79 Å². The van der Waals surface area contributed by atoms with E-state index in [4.69, 9.17) is 28.4 Å².